The van der Waals surface area contributed by atoms with Gasteiger partial charge < -0.3 is 5.11 Å². The molecule has 0 radical (unpaired) electrons. The first-order valence-corrected chi connectivity index (χ1v) is 6.68. The first-order valence-electron chi connectivity index (χ1n) is 6.30. The highest BCUT2D eigenvalue weighted by molar-refractivity contribution is 6.31. The molecule has 0 aliphatic heterocycles. The first kappa shape index (κ1) is 12.9. The molecule has 1 N–H and O–H groups in total. The van der Waals surface area contributed by atoms with Gasteiger partial charge in [-0.15, -0.1) is 0 Å². The monoisotopic (exact) mass is 253 g/mol. The van der Waals surface area contributed by atoms with Crippen molar-refractivity contribution in [1.29, 1.82) is 0 Å². The predicted octanol–water partition coefficient (Wildman–Crippen LogP) is 3.08. The molecule has 2 nitrogen and oxygen atoms in total. The Morgan fingerprint density at radius 1 is 1.29 bits per heavy atom. The number of hydrogen-bond donors (Lipinski definition) is 1. The van der Waals surface area contributed by atoms with Gasteiger partial charge in [0.1, 0.15) is 0 Å². The summed E-state index contributed by atoms with van der Waals surface area (Å²) in [6.07, 6.45) is 4.20. The van der Waals surface area contributed by atoms with Crippen molar-refractivity contribution in [2.45, 2.75) is 44.4 Å². The van der Waals surface area contributed by atoms with Crippen molar-refractivity contribution in [3.8, 4) is 0 Å². The van der Waals surface area contributed by atoms with Crippen LogP contribution in [0.5, 0.6) is 0 Å². The van der Waals surface area contributed by atoms with Gasteiger partial charge in [0.2, 0.25) is 0 Å². The fraction of sp³-hybridized carbons (Fsp3) is 0.571. The number of rotatable bonds is 3. The number of halogens is 1. The van der Waals surface area contributed by atoms with Crippen LogP contribution in [0.4, 0.5) is 0 Å². The second kappa shape index (κ2) is 5.85. The van der Waals surface area contributed by atoms with Crippen LogP contribution in [0, 0.1) is 0 Å². The lowest BCUT2D eigenvalue weighted by Crippen LogP contribution is -2.42. The molecule has 1 aliphatic carbocycles. The number of hydrogen-bond acceptors (Lipinski definition) is 2. The summed E-state index contributed by atoms with van der Waals surface area (Å²) in [5.41, 5.74) is 1.13. The summed E-state index contributed by atoms with van der Waals surface area (Å²) < 4.78 is 0. The summed E-state index contributed by atoms with van der Waals surface area (Å²) in [5, 5.41) is 10.8. The topological polar surface area (TPSA) is 23.5 Å². The minimum Gasteiger partial charge on any atom is -0.391 e. The van der Waals surface area contributed by atoms with Crippen molar-refractivity contribution >= 4 is 11.6 Å². The molecule has 0 amide bonds. The van der Waals surface area contributed by atoms with E-state index in [1.165, 1.54) is 6.42 Å². The molecule has 1 saturated carbocycles. The van der Waals surface area contributed by atoms with Crippen molar-refractivity contribution in [3.63, 3.8) is 0 Å². The molecule has 94 valence electrons. The van der Waals surface area contributed by atoms with Gasteiger partial charge in [-0.1, -0.05) is 42.6 Å². The molecule has 1 fully saturated rings. The lowest BCUT2D eigenvalue weighted by atomic mass is 9.91. The van der Waals surface area contributed by atoms with Gasteiger partial charge in [0.05, 0.1) is 6.10 Å². The van der Waals surface area contributed by atoms with Gasteiger partial charge in [0, 0.05) is 17.6 Å². The minimum atomic E-state index is -0.184. The Balaban J connectivity index is 2.01. The van der Waals surface area contributed by atoms with Crippen LogP contribution in [-0.4, -0.2) is 29.2 Å². The largest absolute Gasteiger partial charge is 0.391 e. The predicted molar refractivity (Wildman–Crippen MR) is 71.2 cm³/mol. The molecule has 0 heterocycles. The third-order valence-corrected chi connectivity index (χ3v) is 4.01. The molecule has 1 aliphatic rings. The fourth-order valence-corrected chi connectivity index (χ4v) is 2.81. The van der Waals surface area contributed by atoms with E-state index in [0.717, 1.165) is 36.4 Å². The third kappa shape index (κ3) is 3.21. The van der Waals surface area contributed by atoms with E-state index in [0.29, 0.717) is 0 Å². The molecule has 2 atom stereocenters. The number of aliphatic hydroxyl groups is 1. The van der Waals surface area contributed by atoms with Crippen LogP contribution in [0.15, 0.2) is 24.3 Å². The highest BCUT2D eigenvalue weighted by atomic mass is 35.5. The Morgan fingerprint density at radius 2 is 2.00 bits per heavy atom. The van der Waals surface area contributed by atoms with Crippen molar-refractivity contribution in [2.24, 2.45) is 0 Å². The van der Waals surface area contributed by atoms with Gasteiger partial charge in [-0.25, -0.2) is 0 Å². The maximum atomic E-state index is 10.0. The quantitative estimate of drug-likeness (QED) is 0.895. The molecule has 17 heavy (non-hydrogen) atoms. The van der Waals surface area contributed by atoms with E-state index in [2.05, 4.69) is 11.9 Å². The Labute approximate surface area is 108 Å². The molecule has 0 saturated heterocycles. The van der Waals surface area contributed by atoms with Crippen LogP contribution in [0.1, 0.15) is 31.2 Å². The Morgan fingerprint density at radius 3 is 2.71 bits per heavy atom. The fourth-order valence-electron chi connectivity index (χ4n) is 2.62. The molecule has 1 aromatic carbocycles. The lowest BCUT2D eigenvalue weighted by molar-refractivity contribution is 0.0288. The Bertz CT molecular complexity index is 369. The highest BCUT2D eigenvalue weighted by Crippen LogP contribution is 2.25. The summed E-state index contributed by atoms with van der Waals surface area (Å²) in [5.74, 6) is 0. The molecular formula is C14H20ClNO. The van der Waals surface area contributed by atoms with E-state index in [1.54, 1.807) is 0 Å². The zero-order chi connectivity index (χ0) is 12.3. The van der Waals surface area contributed by atoms with E-state index in [9.17, 15) is 5.11 Å². The maximum Gasteiger partial charge on any atom is 0.0695 e. The number of likely N-dealkylation sites (N-methyl/N-ethyl adjacent to an activating group) is 1. The minimum absolute atomic E-state index is 0.184. The molecular weight excluding hydrogens is 234 g/mol. The van der Waals surface area contributed by atoms with Crippen molar-refractivity contribution in [2.75, 3.05) is 7.05 Å². The number of benzene rings is 1. The van der Waals surface area contributed by atoms with Crippen LogP contribution in [0.3, 0.4) is 0 Å². The van der Waals surface area contributed by atoms with E-state index >= 15 is 0 Å². The zero-order valence-corrected chi connectivity index (χ0v) is 11.0. The highest BCUT2D eigenvalue weighted by Gasteiger charge is 2.26. The van der Waals surface area contributed by atoms with Crippen LogP contribution in [-0.2, 0) is 6.54 Å². The zero-order valence-electron chi connectivity index (χ0n) is 10.3. The van der Waals surface area contributed by atoms with Crippen molar-refractivity contribution in [3.05, 3.63) is 34.9 Å². The summed E-state index contributed by atoms with van der Waals surface area (Å²) in [7, 11) is 2.07. The maximum absolute atomic E-state index is 10.0. The third-order valence-electron chi connectivity index (χ3n) is 3.64. The second-order valence-corrected chi connectivity index (χ2v) is 5.33. The Hall–Kier alpha value is -0.570. The molecule has 0 unspecified atom stereocenters. The van der Waals surface area contributed by atoms with Crippen LogP contribution >= 0.6 is 11.6 Å². The summed E-state index contributed by atoms with van der Waals surface area (Å²) in [4.78, 5) is 2.23. The van der Waals surface area contributed by atoms with E-state index in [1.807, 2.05) is 24.3 Å². The first-order chi connectivity index (χ1) is 8.18. The van der Waals surface area contributed by atoms with Crippen LogP contribution < -0.4 is 0 Å². The molecule has 3 heteroatoms. The standard InChI is InChI=1S/C14H20ClNO/c1-16(13-8-4-5-9-14(13)17)10-11-6-2-3-7-12(11)15/h2-3,6-7,13-14,17H,4-5,8-10H2,1H3/t13-,14-/m0/s1. The average molecular weight is 254 g/mol. The molecule has 0 aromatic heterocycles. The summed E-state index contributed by atoms with van der Waals surface area (Å²) in [6.45, 7) is 0.807. The second-order valence-electron chi connectivity index (χ2n) is 4.93. The lowest BCUT2D eigenvalue weighted by Gasteiger charge is -2.35. The molecule has 2 rings (SSSR count). The average Bonchev–Trinajstić information content (AvgIpc) is 2.32. The number of nitrogens with zero attached hydrogens (tertiary/aromatic N) is 1. The molecule has 1 aromatic rings. The van der Waals surface area contributed by atoms with Gasteiger partial charge in [-0.2, -0.15) is 0 Å². The van der Waals surface area contributed by atoms with Gasteiger partial charge in [-0.3, -0.25) is 4.90 Å². The van der Waals surface area contributed by atoms with E-state index in [4.69, 9.17) is 11.6 Å². The number of aliphatic hydroxyl groups excluding tert-OH is 1. The van der Waals surface area contributed by atoms with Crippen LogP contribution in [0.2, 0.25) is 5.02 Å². The van der Waals surface area contributed by atoms with Crippen molar-refractivity contribution < 1.29 is 5.11 Å². The summed E-state index contributed by atoms with van der Waals surface area (Å²) in [6, 6.07) is 8.20. The SMILES string of the molecule is CN(Cc1ccccc1Cl)[C@H]1CCCC[C@@H]1O. The van der Waals surface area contributed by atoms with Gasteiger partial charge in [0.25, 0.3) is 0 Å². The van der Waals surface area contributed by atoms with Gasteiger partial charge >= 0.3 is 0 Å². The molecule has 0 spiro atoms. The Kier molecular flexibility index (Phi) is 4.43. The van der Waals surface area contributed by atoms with E-state index < -0.39 is 0 Å². The smallest absolute Gasteiger partial charge is 0.0695 e. The van der Waals surface area contributed by atoms with Gasteiger partial charge in [0.15, 0.2) is 0 Å². The van der Waals surface area contributed by atoms with Crippen molar-refractivity contribution in [1.82, 2.24) is 4.90 Å². The molecule has 0 bridgehead atoms. The van der Waals surface area contributed by atoms with E-state index in [-0.39, 0.29) is 12.1 Å². The normalized spacial score (nSPS) is 25.2. The van der Waals surface area contributed by atoms with Crippen LogP contribution in [0.25, 0.3) is 0 Å². The summed E-state index contributed by atoms with van der Waals surface area (Å²) >= 11 is 6.15. The van der Waals surface area contributed by atoms with Gasteiger partial charge in [-0.05, 0) is 31.5 Å².